The number of nitro groups is 1. The third kappa shape index (κ3) is 4.27. The summed E-state index contributed by atoms with van der Waals surface area (Å²) in [6.07, 6.45) is 0. The van der Waals surface area contributed by atoms with E-state index >= 15 is 0 Å². The molecule has 0 aliphatic rings. The lowest BCUT2D eigenvalue weighted by Crippen LogP contribution is -2.17. The van der Waals surface area contributed by atoms with E-state index in [0.717, 1.165) is 12.1 Å². The van der Waals surface area contributed by atoms with Gasteiger partial charge in [0.25, 0.3) is 15.7 Å². The Balaban J connectivity index is 2.26. The third-order valence-electron chi connectivity index (χ3n) is 3.18. The van der Waals surface area contributed by atoms with E-state index in [2.05, 4.69) is 10.0 Å². The van der Waals surface area contributed by atoms with Crippen LogP contribution in [0.4, 0.5) is 11.4 Å². The highest BCUT2D eigenvalue weighted by atomic mass is 32.2. The molecule has 0 aliphatic heterocycles. The minimum absolute atomic E-state index is 0.0265. The molecule has 122 valence electrons. The van der Waals surface area contributed by atoms with Crippen LogP contribution in [-0.4, -0.2) is 19.9 Å². The molecule has 0 amide bonds. The summed E-state index contributed by atoms with van der Waals surface area (Å²) in [6, 6.07) is 11.8. The van der Waals surface area contributed by atoms with E-state index < -0.39 is 14.9 Å². The monoisotopic (exact) mass is 335 g/mol. The predicted molar refractivity (Wildman–Crippen MR) is 87.7 cm³/mol. The maximum absolute atomic E-state index is 12.4. The van der Waals surface area contributed by atoms with Crippen LogP contribution in [0.25, 0.3) is 0 Å². The van der Waals surface area contributed by atoms with E-state index in [4.69, 9.17) is 0 Å². The Morgan fingerprint density at radius 1 is 1.09 bits per heavy atom. The SMILES string of the molecule is CCNCc1ccccc1NS(=O)(=O)c1ccc([N+](=O)[O-])cc1. The molecule has 8 heteroatoms. The molecule has 0 saturated carbocycles. The first-order chi connectivity index (χ1) is 10.9. The average molecular weight is 335 g/mol. The van der Waals surface area contributed by atoms with Gasteiger partial charge in [-0.15, -0.1) is 0 Å². The van der Waals surface area contributed by atoms with Crippen LogP contribution >= 0.6 is 0 Å². The third-order valence-corrected chi connectivity index (χ3v) is 4.57. The highest BCUT2D eigenvalue weighted by molar-refractivity contribution is 7.92. The van der Waals surface area contributed by atoms with Crippen molar-refractivity contribution in [2.75, 3.05) is 11.3 Å². The van der Waals surface area contributed by atoms with Crippen LogP contribution in [0.15, 0.2) is 53.4 Å². The van der Waals surface area contributed by atoms with Gasteiger partial charge >= 0.3 is 0 Å². The molecule has 2 rings (SSSR count). The van der Waals surface area contributed by atoms with E-state index in [1.165, 1.54) is 24.3 Å². The summed E-state index contributed by atoms with van der Waals surface area (Å²) in [4.78, 5) is 10.0. The van der Waals surface area contributed by atoms with Crippen LogP contribution < -0.4 is 10.0 Å². The molecule has 0 saturated heterocycles. The first-order valence-electron chi connectivity index (χ1n) is 7.00. The van der Waals surface area contributed by atoms with Crippen molar-refractivity contribution in [1.82, 2.24) is 5.32 Å². The second-order valence-electron chi connectivity index (χ2n) is 4.79. The fourth-order valence-corrected chi connectivity index (χ4v) is 3.09. The van der Waals surface area contributed by atoms with Gasteiger partial charge in [-0.25, -0.2) is 8.42 Å². The number of benzene rings is 2. The highest BCUT2D eigenvalue weighted by Gasteiger charge is 2.17. The number of sulfonamides is 1. The normalized spacial score (nSPS) is 11.2. The number of anilines is 1. The largest absolute Gasteiger partial charge is 0.313 e. The Morgan fingerprint density at radius 3 is 2.35 bits per heavy atom. The van der Waals surface area contributed by atoms with E-state index in [-0.39, 0.29) is 10.6 Å². The first kappa shape index (κ1) is 16.9. The molecule has 0 spiro atoms. The molecule has 0 fully saturated rings. The lowest BCUT2D eigenvalue weighted by atomic mass is 10.2. The van der Waals surface area contributed by atoms with Gasteiger partial charge in [-0.3, -0.25) is 14.8 Å². The summed E-state index contributed by atoms with van der Waals surface area (Å²) < 4.78 is 27.3. The number of hydrogen-bond acceptors (Lipinski definition) is 5. The summed E-state index contributed by atoms with van der Waals surface area (Å²) in [5.41, 5.74) is 1.14. The van der Waals surface area contributed by atoms with E-state index in [1.807, 2.05) is 19.1 Å². The van der Waals surface area contributed by atoms with Crippen molar-refractivity contribution >= 4 is 21.4 Å². The van der Waals surface area contributed by atoms with Gasteiger partial charge < -0.3 is 5.32 Å². The second kappa shape index (κ2) is 7.21. The van der Waals surface area contributed by atoms with Crippen LogP contribution in [-0.2, 0) is 16.6 Å². The molecular weight excluding hydrogens is 318 g/mol. The predicted octanol–water partition coefficient (Wildman–Crippen LogP) is 2.51. The zero-order chi connectivity index (χ0) is 16.9. The highest BCUT2D eigenvalue weighted by Crippen LogP contribution is 2.21. The molecule has 23 heavy (non-hydrogen) atoms. The topological polar surface area (TPSA) is 101 Å². The molecule has 0 bridgehead atoms. The molecule has 0 unspecified atom stereocenters. The Kier molecular flexibility index (Phi) is 5.30. The standard InChI is InChI=1S/C15H17N3O4S/c1-2-16-11-12-5-3-4-6-15(12)17-23(21,22)14-9-7-13(8-10-14)18(19)20/h3-10,16-17H,2,11H2,1H3. The van der Waals surface area contributed by atoms with Crippen molar-refractivity contribution in [3.63, 3.8) is 0 Å². The van der Waals surface area contributed by atoms with E-state index in [1.54, 1.807) is 12.1 Å². The van der Waals surface area contributed by atoms with Gasteiger partial charge in [-0.2, -0.15) is 0 Å². The van der Waals surface area contributed by atoms with Crippen molar-refractivity contribution in [2.45, 2.75) is 18.4 Å². The summed E-state index contributed by atoms with van der Waals surface area (Å²) in [7, 11) is -3.80. The molecule has 0 aliphatic carbocycles. The average Bonchev–Trinajstić information content (AvgIpc) is 2.54. The fourth-order valence-electron chi connectivity index (χ4n) is 1.98. The number of rotatable bonds is 7. The summed E-state index contributed by atoms with van der Waals surface area (Å²) >= 11 is 0. The molecule has 2 N–H and O–H groups in total. The van der Waals surface area contributed by atoms with Crippen LogP contribution in [0.3, 0.4) is 0 Å². The van der Waals surface area contributed by atoms with Gasteiger partial charge in [-0.1, -0.05) is 25.1 Å². The minimum atomic E-state index is -3.80. The number of nitrogens with one attached hydrogen (secondary N) is 2. The first-order valence-corrected chi connectivity index (χ1v) is 8.48. The Bertz CT molecular complexity index is 789. The van der Waals surface area contributed by atoms with Crippen molar-refractivity contribution in [3.8, 4) is 0 Å². The quantitative estimate of drug-likeness (QED) is 0.598. The lowest BCUT2D eigenvalue weighted by Gasteiger charge is -2.12. The second-order valence-corrected chi connectivity index (χ2v) is 6.48. The van der Waals surface area contributed by atoms with Crippen LogP contribution in [0, 0.1) is 10.1 Å². The lowest BCUT2D eigenvalue weighted by molar-refractivity contribution is -0.384. The molecular formula is C15H17N3O4S. The van der Waals surface area contributed by atoms with Crippen molar-refractivity contribution in [2.24, 2.45) is 0 Å². The van der Waals surface area contributed by atoms with Crippen molar-refractivity contribution in [1.29, 1.82) is 0 Å². The van der Waals surface area contributed by atoms with Gasteiger partial charge in [-0.05, 0) is 30.3 Å². The fraction of sp³-hybridized carbons (Fsp3) is 0.200. The smallest absolute Gasteiger partial charge is 0.269 e. The van der Waals surface area contributed by atoms with Crippen LogP contribution in [0.5, 0.6) is 0 Å². The van der Waals surface area contributed by atoms with E-state index in [9.17, 15) is 18.5 Å². The minimum Gasteiger partial charge on any atom is -0.313 e. The summed E-state index contributed by atoms with van der Waals surface area (Å²) in [6.45, 7) is 3.27. The Hall–Kier alpha value is -2.45. The van der Waals surface area contributed by atoms with Crippen molar-refractivity contribution < 1.29 is 13.3 Å². The zero-order valence-electron chi connectivity index (χ0n) is 12.5. The molecule has 0 radical (unpaired) electrons. The molecule has 0 heterocycles. The van der Waals surface area contributed by atoms with Gasteiger partial charge in [0.1, 0.15) is 0 Å². The maximum Gasteiger partial charge on any atom is 0.269 e. The molecule has 0 atom stereocenters. The van der Waals surface area contributed by atoms with Crippen LogP contribution in [0.1, 0.15) is 12.5 Å². The maximum atomic E-state index is 12.4. The van der Waals surface area contributed by atoms with Gasteiger partial charge in [0.15, 0.2) is 0 Å². The van der Waals surface area contributed by atoms with Gasteiger partial charge in [0.2, 0.25) is 0 Å². The number of nitrogens with zero attached hydrogens (tertiary/aromatic N) is 1. The summed E-state index contributed by atoms with van der Waals surface area (Å²) in [5, 5.41) is 13.8. The van der Waals surface area contributed by atoms with Crippen molar-refractivity contribution in [3.05, 3.63) is 64.2 Å². The Morgan fingerprint density at radius 2 is 1.74 bits per heavy atom. The molecule has 2 aromatic rings. The zero-order valence-corrected chi connectivity index (χ0v) is 13.3. The summed E-state index contributed by atoms with van der Waals surface area (Å²) in [5.74, 6) is 0. The number of non-ortho nitro benzene ring substituents is 1. The molecule has 7 nitrogen and oxygen atoms in total. The number of hydrogen-bond donors (Lipinski definition) is 2. The molecule has 0 aromatic heterocycles. The van der Waals surface area contributed by atoms with Crippen LogP contribution in [0.2, 0.25) is 0 Å². The van der Waals surface area contributed by atoms with Gasteiger partial charge in [0.05, 0.1) is 15.5 Å². The van der Waals surface area contributed by atoms with E-state index in [0.29, 0.717) is 12.2 Å². The number of para-hydroxylation sites is 1. The Labute approximate surface area is 134 Å². The molecule has 2 aromatic carbocycles. The van der Waals surface area contributed by atoms with Gasteiger partial charge in [0, 0.05) is 18.7 Å². The number of nitro benzene ring substituents is 1.